The van der Waals surface area contributed by atoms with E-state index >= 15 is 0 Å². The van der Waals surface area contributed by atoms with Crippen molar-refractivity contribution in [2.45, 2.75) is 64.8 Å². The number of rotatable bonds is 4. The van der Waals surface area contributed by atoms with Gasteiger partial charge >= 0.3 is 0 Å². The Hall–Kier alpha value is -1.02. The third-order valence-corrected chi connectivity index (χ3v) is 4.57. The molecule has 1 saturated carbocycles. The van der Waals surface area contributed by atoms with Crippen LogP contribution in [-0.2, 0) is 0 Å². The van der Waals surface area contributed by atoms with Gasteiger partial charge in [-0.05, 0) is 50.4 Å². The average Bonchev–Trinajstić information content (AvgIpc) is 2.64. The van der Waals surface area contributed by atoms with Crippen LogP contribution >= 0.6 is 0 Å². The lowest BCUT2D eigenvalue weighted by Gasteiger charge is -2.29. The molecule has 2 atom stereocenters. The smallest absolute Gasteiger partial charge is 0.122 e. The van der Waals surface area contributed by atoms with Crippen LogP contribution in [0.15, 0.2) is 12.1 Å². The number of methoxy groups -OCH3 is 1. The maximum Gasteiger partial charge on any atom is 0.122 e. The molecule has 0 radical (unpaired) electrons. The topological polar surface area (TPSA) is 21.3 Å². The number of likely N-dealkylation sites (N-methyl/N-ethyl adjacent to an activating group) is 1. The maximum absolute atomic E-state index is 5.70. The Bertz CT molecular complexity index is 441. The van der Waals surface area contributed by atoms with Crippen molar-refractivity contribution < 1.29 is 4.74 Å². The SMILES string of the molecule is CCNC1CCCCCC1c1c(C)cc(C)cc1OC. The Morgan fingerprint density at radius 2 is 1.90 bits per heavy atom. The first-order valence-corrected chi connectivity index (χ1v) is 8.05. The lowest BCUT2D eigenvalue weighted by Crippen LogP contribution is -2.34. The van der Waals surface area contributed by atoms with Gasteiger partial charge in [0.2, 0.25) is 0 Å². The van der Waals surface area contributed by atoms with Crippen LogP contribution in [0.25, 0.3) is 0 Å². The molecular weight excluding hydrogens is 246 g/mol. The predicted molar refractivity (Wildman–Crippen MR) is 85.8 cm³/mol. The summed E-state index contributed by atoms with van der Waals surface area (Å²) in [6.45, 7) is 7.64. The Kier molecular flexibility index (Phi) is 5.47. The first-order chi connectivity index (χ1) is 9.67. The second-order valence-corrected chi connectivity index (χ2v) is 6.11. The third kappa shape index (κ3) is 3.35. The Labute approximate surface area is 123 Å². The van der Waals surface area contributed by atoms with Crippen molar-refractivity contribution in [3.8, 4) is 5.75 Å². The second kappa shape index (κ2) is 7.12. The Balaban J connectivity index is 2.40. The highest BCUT2D eigenvalue weighted by atomic mass is 16.5. The molecule has 0 bridgehead atoms. The van der Waals surface area contributed by atoms with Crippen molar-refractivity contribution >= 4 is 0 Å². The molecule has 2 heteroatoms. The van der Waals surface area contributed by atoms with Gasteiger partial charge in [-0.3, -0.25) is 0 Å². The van der Waals surface area contributed by atoms with Crippen molar-refractivity contribution in [1.82, 2.24) is 5.32 Å². The molecule has 0 amide bonds. The van der Waals surface area contributed by atoms with Crippen molar-refractivity contribution in [2.24, 2.45) is 0 Å². The van der Waals surface area contributed by atoms with E-state index in [9.17, 15) is 0 Å². The van der Waals surface area contributed by atoms with Crippen LogP contribution in [-0.4, -0.2) is 19.7 Å². The van der Waals surface area contributed by atoms with Gasteiger partial charge in [-0.25, -0.2) is 0 Å². The summed E-state index contributed by atoms with van der Waals surface area (Å²) < 4.78 is 5.70. The fourth-order valence-electron chi connectivity index (χ4n) is 3.74. The zero-order chi connectivity index (χ0) is 14.5. The largest absolute Gasteiger partial charge is 0.496 e. The van der Waals surface area contributed by atoms with Gasteiger partial charge in [0.15, 0.2) is 0 Å². The van der Waals surface area contributed by atoms with Crippen molar-refractivity contribution in [3.05, 3.63) is 28.8 Å². The van der Waals surface area contributed by atoms with E-state index in [1.807, 2.05) is 0 Å². The highest BCUT2D eigenvalue weighted by Gasteiger charge is 2.28. The fraction of sp³-hybridized carbons (Fsp3) is 0.667. The highest BCUT2D eigenvalue weighted by Crippen LogP contribution is 2.39. The first kappa shape index (κ1) is 15.4. The van der Waals surface area contributed by atoms with E-state index in [2.05, 4.69) is 38.2 Å². The molecule has 0 aromatic heterocycles. The molecule has 1 fully saturated rings. The molecule has 0 saturated heterocycles. The standard InChI is InChI=1S/C18H29NO/c1-5-19-16-10-8-6-7-9-15(16)18-14(3)11-13(2)12-17(18)20-4/h11-12,15-16,19H,5-10H2,1-4H3. The number of benzene rings is 1. The van der Waals surface area contributed by atoms with Crippen LogP contribution in [0.2, 0.25) is 0 Å². The van der Waals surface area contributed by atoms with E-state index in [1.54, 1.807) is 7.11 Å². The van der Waals surface area contributed by atoms with Crippen LogP contribution in [0.4, 0.5) is 0 Å². The molecule has 0 spiro atoms. The van der Waals surface area contributed by atoms with E-state index in [0.29, 0.717) is 12.0 Å². The maximum atomic E-state index is 5.70. The number of hydrogen-bond donors (Lipinski definition) is 1. The van der Waals surface area contributed by atoms with Gasteiger partial charge in [-0.15, -0.1) is 0 Å². The molecule has 0 aliphatic heterocycles. The van der Waals surface area contributed by atoms with E-state index in [-0.39, 0.29) is 0 Å². The Morgan fingerprint density at radius 1 is 1.15 bits per heavy atom. The lowest BCUT2D eigenvalue weighted by molar-refractivity contribution is 0.378. The van der Waals surface area contributed by atoms with Crippen LogP contribution in [0.5, 0.6) is 5.75 Å². The lowest BCUT2D eigenvalue weighted by atomic mass is 9.84. The number of nitrogens with one attached hydrogen (secondary N) is 1. The molecule has 1 aliphatic rings. The summed E-state index contributed by atoms with van der Waals surface area (Å²) in [5, 5.41) is 3.71. The van der Waals surface area contributed by atoms with Crippen molar-refractivity contribution in [3.63, 3.8) is 0 Å². The van der Waals surface area contributed by atoms with E-state index < -0.39 is 0 Å². The van der Waals surface area contributed by atoms with Crippen LogP contribution in [0.3, 0.4) is 0 Å². The molecule has 20 heavy (non-hydrogen) atoms. The summed E-state index contributed by atoms with van der Waals surface area (Å²) in [5.74, 6) is 1.67. The monoisotopic (exact) mass is 275 g/mol. The predicted octanol–water partition coefficient (Wildman–Crippen LogP) is 4.34. The summed E-state index contributed by atoms with van der Waals surface area (Å²) in [6, 6.07) is 5.08. The van der Waals surface area contributed by atoms with Gasteiger partial charge in [0.05, 0.1) is 7.11 Å². The second-order valence-electron chi connectivity index (χ2n) is 6.11. The molecule has 1 aromatic carbocycles. The van der Waals surface area contributed by atoms with E-state index in [1.165, 1.54) is 48.8 Å². The normalized spacial score (nSPS) is 23.4. The highest BCUT2D eigenvalue weighted by molar-refractivity contribution is 5.46. The molecule has 2 unspecified atom stereocenters. The van der Waals surface area contributed by atoms with Crippen LogP contribution in [0.1, 0.15) is 61.6 Å². The number of aryl methyl sites for hydroxylation is 2. The molecular formula is C18H29NO. The first-order valence-electron chi connectivity index (χ1n) is 8.05. The zero-order valence-corrected chi connectivity index (χ0v) is 13.5. The quantitative estimate of drug-likeness (QED) is 0.825. The van der Waals surface area contributed by atoms with Gasteiger partial charge in [0, 0.05) is 17.5 Å². The minimum absolute atomic E-state index is 0.591. The van der Waals surface area contributed by atoms with Gasteiger partial charge in [-0.1, -0.05) is 32.3 Å². The molecule has 0 heterocycles. The Morgan fingerprint density at radius 3 is 2.60 bits per heavy atom. The summed E-state index contributed by atoms with van der Waals surface area (Å²) in [4.78, 5) is 0. The van der Waals surface area contributed by atoms with Gasteiger partial charge < -0.3 is 10.1 Å². The average molecular weight is 275 g/mol. The van der Waals surface area contributed by atoms with Crippen molar-refractivity contribution in [2.75, 3.05) is 13.7 Å². The summed E-state index contributed by atoms with van der Waals surface area (Å²) in [6.07, 6.45) is 6.61. The van der Waals surface area contributed by atoms with Gasteiger partial charge in [0.25, 0.3) is 0 Å². The van der Waals surface area contributed by atoms with Gasteiger partial charge in [-0.2, -0.15) is 0 Å². The summed E-state index contributed by atoms with van der Waals surface area (Å²) in [7, 11) is 1.80. The minimum Gasteiger partial charge on any atom is -0.496 e. The number of hydrogen-bond acceptors (Lipinski definition) is 2. The molecule has 1 aromatic rings. The zero-order valence-electron chi connectivity index (χ0n) is 13.5. The molecule has 2 nitrogen and oxygen atoms in total. The molecule has 1 aliphatic carbocycles. The summed E-state index contributed by atoms with van der Waals surface area (Å²) in [5.41, 5.74) is 4.11. The van der Waals surface area contributed by atoms with Crippen molar-refractivity contribution in [1.29, 1.82) is 0 Å². The van der Waals surface area contributed by atoms with E-state index in [0.717, 1.165) is 12.3 Å². The van der Waals surface area contributed by atoms with E-state index in [4.69, 9.17) is 4.74 Å². The van der Waals surface area contributed by atoms with Gasteiger partial charge in [0.1, 0.15) is 5.75 Å². The van der Waals surface area contributed by atoms with Crippen LogP contribution in [0, 0.1) is 13.8 Å². The molecule has 112 valence electrons. The number of ether oxygens (including phenoxy) is 1. The third-order valence-electron chi connectivity index (χ3n) is 4.57. The fourth-order valence-corrected chi connectivity index (χ4v) is 3.74. The minimum atomic E-state index is 0.591. The van der Waals surface area contributed by atoms with Crippen LogP contribution < -0.4 is 10.1 Å². The summed E-state index contributed by atoms with van der Waals surface area (Å²) >= 11 is 0. The molecule has 1 N–H and O–H groups in total. The molecule has 2 rings (SSSR count).